The second-order valence-electron chi connectivity index (χ2n) is 3.90. The first-order chi connectivity index (χ1) is 9.79. The molecule has 0 spiro atoms. The number of nitrogens with zero attached hydrogens (tertiary/aromatic N) is 4. The molecule has 0 aliphatic rings. The Morgan fingerprint density at radius 1 is 1.35 bits per heavy atom. The van der Waals surface area contributed by atoms with Gasteiger partial charge < -0.3 is 4.74 Å². The minimum absolute atomic E-state index is 0.106. The number of amides is 1. The number of methoxy groups -OCH3 is 1. The van der Waals surface area contributed by atoms with Gasteiger partial charge in [0.1, 0.15) is 5.75 Å². The highest BCUT2D eigenvalue weighted by Crippen LogP contribution is 2.25. The van der Waals surface area contributed by atoms with E-state index in [0.29, 0.717) is 16.8 Å². The van der Waals surface area contributed by atoms with E-state index in [2.05, 4.69) is 30.9 Å². The standard InChI is InChI=1S/C12H10N6O2/c1-20-9-5-6-13-10-7(9)3-2-4-8(10)11(19)14-12-15-17-18-16-12/h2-6H,1H3,(H2,14,15,16,17,18,19). The number of H-pyrrole nitrogens is 1. The Bertz CT molecular complexity index is 756. The summed E-state index contributed by atoms with van der Waals surface area (Å²) < 4.78 is 5.26. The predicted octanol–water partition coefficient (Wildman–Crippen LogP) is 1.01. The van der Waals surface area contributed by atoms with E-state index < -0.39 is 0 Å². The number of para-hydroxylation sites is 1. The first-order valence-corrected chi connectivity index (χ1v) is 5.76. The van der Waals surface area contributed by atoms with Crippen molar-refractivity contribution in [1.82, 2.24) is 25.6 Å². The Balaban J connectivity index is 2.05. The molecule has 0 aliphatic heterocycles. The summed E-state index contributed by atoms with van der Waals surface area (Å²) in [6.07, 6.45) is 1.59. The molecule has 3 rings (SSSR count). The molecule has 2 aromatic heterocycles. The Morgan fingerprint density at radius 2 is 2.25 bits per heavy atom. The van der Waals surface area contributed by atoms with Crippen LogP contribution in [-0.4, -0.2) is 38.6 Å². The van der Waals surface area contributed by atoms with Gasteiger partial charge in [0.05, 0.1) is 18.2 Å². The second kappa shape index (κ2) is 4.92. The van der Waals surface area contributed by atoms with Crippen LogP contribution in [0.15, 0.2) is 30.5 Å². The summed E-state index contributed by atoms with van der Waals surface area (Å²) in [4.78, 5) is 16.4. The fraction of sp³-hybridized carbons (Fsp3) is 0.0833. The van der Waals surface area contributed by atoms with Crippen molar-refractivity contribution in [2.24, 2.45) is 0 Å². The molecule has 0 saturated carbocycles. The summed E-state index contributed by atoms with van der Waals surface area (Å²) in [5, 5.41) is 16.3. The Hall–Kier alpha value is -3.03. The molecule has 3 aromatic rings. The molecular formula is C12H10N6O2. The Morgan fingerprint density at radius 3 is 3.00 bits per heavy atom. The van der Waals surface area contributed by atoms with Gasteiger partial charge in [-0.05, 0) is 23.4 Å². The van der Waals surface area contributed by atoms with Crippen LogP contribution in [0, 0.1) is 0 Å². The maximum atomic E-state index is 12.2. The molecular weight excluding hydrogens is 260 g/mol. The zero-order chi connectivity index (χ0) is 13.9. The lowest BCUT2D eigenvalue weighted by molar-refractivity contribution is 0.102. The second-order valence-corrected chi connectivity index (χ2v) is 3.90. The molecule has 0 atom stereocenters. The zero-order valence-corrected chi connectivity index (χ0v) is 10.5. The van der Waals surface area contributed by atoms with Crippen molar-refractivity contribution in [3.63, 3.8) is 0 Å². The minimum atomic E-state index is -0.363. The maximum Gasteiger partial charge on any atom is 0.270 e. The molecule has 100 valence electrons. The summed E-state index contributed by atoms with van der Waals surface area (Å²) in [5.41, 5.74) is 0.957. The van der Waals surface area contributed by atoms with E-state index in [9.17, 15) is 4.79 Å². The van der Waals surface area contributed by atoms with Crippen LogP contribution >= 0.6 is 0 Å². The van der Waals surface area contributed by atoms with E-state index >= 15 is 0 Å². The molecule has 0 saturated heterocycles. The average molecular weight is 270 g/mol. The number of anilines is 1. The fourth-order valence-corrected chi connectivity index (χ4v) is 1.90. The molecule has 2 heterocycles. The van der Waals surface area contributed by atoms with Gasteiger partial charge in [-0.15, -0.1) is 5.10 Å². The smallest absolute Gasteiger partial charge is 0.270 e. The van der Waals surface area contributed by atoms with E-state index in [1.807, 2.05) is 6.07 Å². The quantitative estimate of drug-likeness (QED) is 0.735. The van der Waals surface area contributed by atoms with Gasteiger partial charge in [-0.2, -0.15) is 5.21 Å². The monoisotopic (exact) mass is 270 g/mol. The summed E-state index contributed by atoms with van der Waals surface area (Å²) >= 11 is 0. The summed E-state index contributed by atoms with van der Waals surface area (Å²) in [7, 11) is 1.57. The van der Waals surface area contributed by atoms with E-state index in [0.717, 1.165) is 5.39 Å². The number of hydrogen-bond donors (Lipinski definition) is 2. The lowest BCUT2D eigenvalue weighted by atomic mass is 10.1. The molecule has 0 fully saturated rings. The summed E-state index contributed by atoms with van der Waals surface area (Å²) in [6, 6.07) is 7.01. The lowest BCUT2D eigenvalue weighted by Crippen LogP contribution is -2.14. The Kier molecular flexibility index (Phi) is 2.96. The number of aromatic nitrogens is 5. The molecule has 8 nitrogen and oxygen atoms in total. The number of fused-ring (bicyclic) bond motifs is 1. The number of tetrazole rings is 1. The number of carbonyl (C=O) groups is 1. The first kappa shape index (κ1) is 12.0. The Labute approximate surface area is 113 Å². The number of aromatic amines is 1. The van der Waals surface area contributed by atoms with E-state index in [1.54, 1.807) is 31.5 Å². The van der Waals surface area contributed by atoms with Crippen LogP contribution in [0.25, 0.3) is 10.9 Å². The molecule has 20 heavy (non-hydrogen) atoms. The average Bonchev–Trinajstić information content (AvgIpc) is 2.98. The normalized spacial score (nSPS) is 10.4. The van der Waals surface area contributed by atoms with E-state index in [-0.39, 0.29) is 11.9 Å². The third-order valence-corrected chi connectivity index (χ3v) is 2.77. The summed E-state index contributed by atoms with van der Waals surface area (Å²) in [6.45, 7) is 0. The number of nitrogens with one attached hydrogen (secondary N) is 2. The molecule has 1 amide bonds. The van der Waals surface area contributed by atoms with Gasteiger partial charge in [0.15, 0.2) is 0 Å². The highest BCUT2D eigenvalue weighted by Gasteiger charge is 2.14. The van der Waals surface area contributed by atoms with Crippen LogP contribution in [0.5, 0.6) is 5.75 Å². The van der Waals surface area contributed by atoms with Gasteiger partial charge in [0.2, 0.25) is 0 Å². The fourth-order valence-electron chi connectivity index (χ4n) is 1.90. The third-order valence-electron chi connectivity index (χ3n) is 2.77. The van der Waals surface area contributed by atoms with Gasteiger partial charge in [0.25, 0.3) is 11.9 Å². The number of rotatable bonds is 3. The SMILES string of the molecule is COc1ccnc2c(C(=O)Nc3nn[nH]n3)cccc12. The zero-order valence-electron chi connectivity index (χ0n) is 10.5. The number of ether oxygens (including phenoxy) is 1. The van der Waals surface area contributed by atoms with Crippen LogP contribution in [0.4, 0.5) is 5.95 Å². The molecule has 1 aromatic carbocycles. The number of benzene rings is 1. The maximum absolute atomic E-state index is 12.2. The van der Waals surface area contributed by atoms with Crippen molar-refractivity contribution in [3.05, 3.63) is 36.0 Å². The largest absolute Gasteiger partial charge is 0.496 e. The van der Waals surface area contributed by atoms with Crippen LogP contribution in [0.1, 0.15) is 10.4 Å². The molecule has 0 bridgehead atoms. The van der Waals surface area contributed by atoms with Crippen LogP contribution in [0.3, 0.4) is 0 Å². The number of carbonyl (C=O) groups excluding carboxylic acids is 1. The van der Waals surface area contributed by atoms with Gasteiger partial charge in [-0.25, -0.2) is 0 Å². The first-order valence-electron chi connectivity index (χ1n) is 5.76. The molecule has 0 aliphatic carbocycles. The van der Waals surface area contributed by atoms with Crippen molar-refractivity contribution in [2.75, 3.05) is 12.4 Å². The molecule has 2 N–H and O–H groups in total. The van der Waals surface area contributed by atoms with Gasteiger partial charge in [-0.1, -0.05) is 11.2 Å². The molecule has 0 radical (unpaired) electrons. The van der Waals surface area contributed by atoms with Crippen molar-refractivity contribution in [3.8, 4) is 5.75 Å². The summed E-state index contributed by atoms with van der Waals surface area (Å²) in [5.74, 6) is 0.400. The lowest BCUT2D eigenvalue weighted by Gasteiger charge is -2.07. The van der Waals surface area contributed by atoms with Crippen LogP contribution < -0.4 is 10.1 Å². The highest BCUT2D eigenvalue weighted by molar-refractivity contribution is 6.11. The third kappa shape index (κ3) is 2.03. The van der Waals surface area contributed by atoms with Crippen LogP contribution in [0.2, 0.25) is 0 Å². The van der Waals surface area contributed by atoms with Gasteiger partial charge in [0, 0.05) is 11.6 Å². The van der Waals surface area contributed by atoms with Gasteiger partial charge in [-0.3, -0.25) is 15.1 Å². The molecule has 0 unspecified atom stereocenters. The minimum Gasteiger partial charge on any atom is -0.496 e. The van der Waals surface area contributed by atoms with Crippen molar-refractivity contribution >= 4 is 22.8 Å². The van der Waals surface area contributed by atoms with E-state index in [4.69, 9.17) is 4.74 Å². The number of pyridine rings is 1. The predicted molar refractivity (Wildman–Crippen MR) is 70.4 cm³/mol. The topological polar surface area (TPSA) is 106 Å². The van der Waals surface area contributed by atoms with Gasteiger partial charge >= 0.3 is 0 Å². The van der Waals surface area contributed by atoms with E-state index in [1.165, 1.54) is 0 Å². The van der Waals surface area contributed by atoms with Crippen molar-refractivity contribution in [2.45, 2.75) is 0 Å². The van der Waals surface area contributed by atoms with Crippen molar-refractivity contribution in [1.29, 1.82) is 0 Å². The molecule has 8 heteroatoms. The highest BCUT2D eigenvalue weighted by atomic mass is 16.5. The van der Waals surface area contributed by atoms with Crippen LogP contribution in [-0.2, 0) is 0 Å². The van der Waals surface area contributed by atoms with Crippen molar-refractivity contribution < 1.29 is 9.53 Å². The number of hydrogen-bond acceptors (Lipinski definition) is 6.